The zero-order valence-electron chi connectivity index (χ0n) is 14.1. The lowest BCUT2D eigenvalue weighted by molar-refractivity contribution is 0.349. The van der Waals surface area contributed by atoms with Crippen LogP contribution in [0.5, 0.6) is 0 Å². The van der Waals surface area contributed by atoms with E-state index in [1.165, 1.54) is 0 Å². The van der Waals surface area contributed by atoms with Crippen molar-refractivity contribution in [2.45, 2.75) is 18.4 Å². The molecular weight excluding hydrogens is 326 g/mol. The zero-order valence-corrected chi connectivity index (χ0v) is 14.1. The molecule has 0 amide bonds. The van der Waals surface area contributed by atoms with Crippen LogP contribution in [0.15, 0.2) is 77.7 Å². The topological polar surface area (TPSA) is 93.6 Å². The Morgan fingerprint density at radius 1 is 0.962 bits per heavy atom. The Kier molecular flexibility index (Phi) is 4.57. The van der Waals surface area contributed by atoms with Crippen LogP contribution in [0.1, 0.15) is 40.5 Å². The van der Waals surface area contributed by atoms with Gasteiger partial charge in [-0.15, -0.1) is 0 Å². The molecule has 0 spiro atoms. The van der Waals surface area contributed by atoms with E-state index in [2.05, 4.69) is 44.4 Å². The summed E-state index contributed by atoms with van der Waals surface area (Å²) >= 11 is 0. The van der Waals surface area contributed by atoms with Crippen LogP contribution >= 0.6 is 0 Å². The maximum Gasteiger partial charge on any atom is 0.243 e. The molecule has 0 bridgehead atoms. The predicted octanol–water partition coefficient (Wildman–Crippen LogP) is 3.22. The first-order valence-corrected chi connectivity index (χ1v) is 8.47. The molecule has 2 heterocycles. The first-order chi connectivity index (χ1) is 12.8. The molecule has 0 fully saturated rings. The van der Waals surface area contributed by atoms with Gasteiger partial charge in [-0.1, -0.05) is 65.8 Å². The molecule has 0 aliphatic rings. The highest BCUT2D eigenvalue weighted by atomic mass is 16.5. The second-order valence-electron chi connectivity index (χ2n) is 6.13. The number of nitrogens with zero attached hydrogens (tertiary/aromatic N) is 3. The van der Waals surface area contributed by atoms with Gasteiger partial charge in [-0.05, 0) is 11.1 Å². The van der Waals surface area contributed by atoms with Crippen LogP contribution in [0, 0.1) is 0 Å². The maximum absolute atomic E-state index is 6.23. The minimum atomic E-state index is -0.385. The molecule has 4 aromatic rings. The monoisotopic (exact) mass is 345 g/mol. The molecule has 2 aromatic carbocycles. The van der Waals surface area contributed by atoms with E-state index in [1.54, 1.807) is 12.5 Å². The van der Waals surface area contributed by atoms with Gasteiger partial charge in [0, 0.05) is 18.3 Å². The Morgan fingerprint density at radius 2 is 1.62 bits per heavy atom. The average molecular weight is 345 g/mol. The average Bonchev–Trinajstić information content (AvgIpc) is 3.36. The smallest absolute Gasteiger partial charge is 0.243 e. The molecule has 1 atom stereocenters. The van der Waals surface area contributed by atoms with Crippen LogP contribution in [-0.2, 0) is 6.42 Å². The fourth-order valence-electron chi connectivity index (χ4n) is 3.02. The van der Waals surface area contributed by atoms with E-state index in [0.717, 1.165) is 16.8 Å². The summed E-state index contributed by atoms with van der Waals surface area (Å²) < 4.78 is 5.48. The van der Waals surface area contributed by atoms with Crippen molar-refractivity contribution in [1.82, 2.24) is 20.1 Å². The lowest BCUT2D eigenvalue weighted by Gasteiger charge is -2.14. The van der Waals surface area contributed by atoms with Gasteiger partial charge >= 0.3 is 0 Å². The lowest BCUT2D eigenvalue weighted by Crippen LogP contribution is -2.14. The van der Waals surface area contributed by atoms with Crippen molar-refractivity contribution in [2.24, 2.45) is 5.73 Å². The summed E-state index contributed by atoms with van der Waals surface area (Å²) in [6.07, 6.45) is 3.93. The van der Waals surface area contributed by atoms with E-state index in [0.29, 0.717) is 18.1 Å². The third kappa shape index (κ3) is 3.41. The largest absolute Gasteiger partial charge is 0.348 e. The van der Waals surface area contributed by atoms with Crippen molar-refractivity contribution in [3.8, 4) is 0 Å². The fourth-order valence-corrected chi connectivity index (χ4v) is 3.02. The number of benzene rings is 2. The number of H-pyrrole nitrogens is 1. The van der Waals surface area contributed by atoms with Gasteiger partial charge in [0.1, 0.15) is 0 Å². The van der Waals surface area contributed by atoms with Crippen molar-refractivity contribution < 1.29 is 4.52 Å². The molecule has 2 aromatic heterocycles. The molecule has 0 radical (unpaired) electrons. The number of aromatic amines is 1. The van der Waals surface area contributed by atoms with Gasteiger partial charge in [-0.3, -0.25) is 0 Å². The highest BCUT2D eigenvalue weighted by Gasteiger charge is 2.24. The van der Waals surface area contributed by atoms with Gasteiger partial charge in [-0.25, -0.2) is 4.98 Å². The number of aromatic nitrogens is 4. The van der Waals surface area contributed by atoms with E-state index >= 15 is 0 Å². The molecule has 26 heavy (non-hydrogen) atoms. The zero-order chi connectivity index (χ0) is 17.8. The molecule has 0 unspecified atom stereocenters. The third-order valence-corrected chi connectivity index (χ3v) is 4.29. The Balaban J connectivity index is 1.66. The van der Waals surface area contributed by atoms with E-state index in [4.69, 9.17) is 10.3 Å². The molecule has 6 nitrogen and oxygen atoms in total. The van der Waals surface area contributed by atoms with Crippen molar-refractivity contribution in [3.05, 3.63) is 102 Å². The van der Waals surface area contributed by atoms with Crippen LogP contribution in [0.4, 0.5) is 0 Å². The minimum Gasteiger partial charge on any atom is -0.348 e. The van der Waals surface area contributed by atoms with Gasteiger partial charge < -0.3 is 15.2 Å². The van der Waals surface area contributed by atoms with Gasteiger partial charge in [0.25, 0.3) is 0 Å². The van der Waals surface area contributed by atoms with Crippen molar-refractivity contribution in [3.63, 3.8) is 0 Å². The molecule has 6 heteroatoms. The number of hydrogen-bond donors (Lipinski definition) is 2. The number of nitrogens with one attached hydrogen (secondary N) is 1. The summed E-state index contributed by atoms with van der Waals surface area (Å²) in [4.78, 5) is 11.6. The Labute approximate surface area is 151 Å². The fraction of sp³-hybridized carbons (Fsp3) is 0.150. The van der Waals surface area contributed by atoms with Gasteiger partial charge in [0.2, 0.25) is 5.89 Å². The van der Waals surface area contributed by atoms with Crippen LogP contribution in [0.2, 0.25) is 0 Å². The highest BCUT2D eigenvalue weighted by Crippen LogP contribution is 2.30. The number of rotatable bonds is 6. The lowest BCUT2D eigenvalue weighted by atomic mass is 9.91. The second kappa shape index (κ2) is 7.33. The van der Waals surface area contributed by atoms with Crippen LogP contribution in [0.25, 0.3) is 0 Å². The third-order valence-electron chi connectivity index (χ3n) is 4.29. The van der Waals surface area contributed by atoms with E-state index in [1.807, 2.05) is 36.4 Å². The minimum absolute atomic E-state index is 0.103. The summed E-state index contributed by atoms with van der Waals surface area (Å²) in [5.41, 5.74) is 9.37. The van der Waals surface area contributed by atoms with E-state index in [9.17, 15) is 0 Å². The molecular formula is C20H19N5O. The normalized spacial score (nSPS) is 12.4. The van der Waals surface area contributed by atoms with E-state index < -0.39 is 0 Å². The summed E-state index contributed by atoms with van der Waals surface area (Å²) in [7, 11) is 0. The molecule has 3 N–H and O–H groups in total. The van der Waals surface area contributed by atoms with E-state index in [-0.39, 0.29) is 12.0 Å². The Bertz CT molecular complexity index is 895. The van der Waals surface area contributed by atoms with Crippen molar-refractivity contribution >= 4 is 0 Å². The Morgan fingerprint density at radius 3 is 2.19 bits per heavy atom. The first-order valence-electron chi connectivity index (χ1n) is 8.47. The summed E-state index contributed by atoms with van der Waals surface area (Å²) in [6.45, 7) is 0. The van der Waals surface area contributed by atoms with Crippen LogP contribution in [-0.4, -0.2) is 20.1 Å². The maximum atomic E-state index is 6.23. The van der Waals surface area contributed by atoms with Crippen molar-refractivity contribution in [1.29, 1.82) is 0 Å². The SMILES string of the molecule is N[C@@H](Cc1cnc[nH]1)c1nc(C(c2ccccc2)c2ccccc2)no1. The predicted molar refractivity (Wildman–Crippen MR) is 97.3 cm³/mol. The van der Waals surface area contributed by atoms with Crippen LogP contribution < -0.4 is 5.73 Å². The molecule has 0 saturated heterocycles. The second-order valence-corrected chi connectivity index (χ2v) is 6.13. The Hall–Kier alpha value is -3.25. The standard InChI is InChI=1S/C20H19N5O/c21-17(11-16-12-22-13-23-16)20-24-19(25-26-20)18(14-7-3-1-4-8-14)15-9-5-2-6-10-15/h1-10,12-13,17-18H,11,21H2,(H,22,23)/t17-/m0/s1. The first kappa shape index (κ1) is 16.2. The molecule has 0 aliphatic carbocycles. The molecule has 0 saturated carbocycles. The van der Waals surface area contributed by atoms with Gasteiger partial charge in [0.15, 0.2) is 5.82 Å². The molecule has 0 aliphatic heterocycles. The van der Waals surface area contributed by atoms with Gasteiger partial charge in [0.05, 0.1) is 18.3 Å². The summed E-state index contributed by atoms with van der Waals surface area (Å²) in [6, 6.07) is 19.9. The number of hydrogen-bond acceptors (Lipinski definition) is 5. The summed E-state index contributed by atoms with van der Waals surface area (Å²) in [5.74, 6) is 0.929. The molecule has 130 valence electrons. The van der Waals surface area contributed by atoms with Crippen LogP contribution in [0.3, 0.4) is 0 Å². The highest BCUT2D eigenvalue weighted by molar-refractivity contribution is 5.37. The van der Waals surface area contributed by atoms with Crippen molar-refractivity contribution in [2.75, 3.05) is 0 Å². The number of nitrogens with two attached hydrogens (primary N) is 1. The van der Waals surface area contributed by atoms with Gasteiger partial charge in [-0.2, -0.15) is 4.98 Å². The molecule has 4 rings (SSSR count). The summed E-state index contributed by atoms with van der Waals surface area (Å²) in [5, 5.41) is 4.23. The quantitative estimate of drug-likeness (QED) is 0.559. The number of imidazole rings is 1.